The lowest BCUT2D eigenvalue weighted by Crippen LogP contribution is -2.12. The van der Waals surface area contributed by atoms with E-state index in [0.29, 0.717) is 16.6 Å². The van der Waals surface area contributed by atoms with E-state index in [9.17, 15) is 18.0 Å². The number of nitrogens with two attached hydrogens (primary N) is 1. The minimum Gasteiger partial charge on any atom is -0.366 e. The van der Waals surface area contributed by atoms with Gasteiger partial charge < -0.3 is 11.1 Å². The van der Waals surface area contributed by atoms with Crippen LogP contribution in [-0.4, -0.2) is 10.9 Å². The molecule has 1 amide bonds. The third-order valence-electron chi connectivity index (χ3n) is 3.46. The maximum Gasteiger partial charge on any atom is 0.419 e. The number of pyridine rings is 1. The Morgan fingerprint density at radius 1 is 1.04 bits per heavy atom. The number of anilines is 2. The van der Waals surface area contributed by atoms with E-state index in [0.717, 1.165) is 6.07 Å². The van der Waals surface area contributed by atoms with Crippen molar-refractivity contribution < 1.29 is 18.0 Å². The fraction of sp³-hybridized carbons (Fsp3) is 0.0588. The second-order valence-corrected chi connectivity index (χ2v) is 5.14. The van der Waals surface area contributed by atoms with Gasteiger partial charge in [0.25, 0.3) is 0 Å². The number of amides is 1. The van der Waals surface area contributed by atoms with Gasteiger partial charge in [-0.2, -0.15) is 13.2 Å². The molecule has 0 spiro atoms. The van der Waals surface area contributed by atoms with Crippen LogP contribution < -0.4 is 11.1 Å². The Kier molecular flexibility index (Phi) is 3.84. The fourth-order valence-electron chi connectivity index (χ4n) is 2.28. The van der Waals surface area contributed by atoms with Crippen LogP contribution in [0.25, 0.3) is 10.9 Å². The van der Waals surface area contributed by atoms with E-state index >= 15 is 0 Å². The van der Waals surface area contributed by atoms with Crippen LogP contribution in [-0.2, 0) is 6.18 Å². The van der Waals surface area contributed by atoms with Gasteiger partial charge in [-0.3, -0.25) is 4.79 Å². The number of nitrogens with zero attached hydrogens (tertiary/aromatic N) is 1. The van der Waals surface area contributed by atoms with Gasteiger partial charge in [0.15, 0.2) is 0 Å². The first-order valence-corrected chi connectivity index (χ1v) is 6.98. The number of nitrogens with one attached hydrogen (secondary N) is 1. The quantitative estimate of drug-likeness (QED) is 0.759. The van der Waals surface area contributed by atoms with Crippen molar-refractivity contribution >= 4 is 28.3 Å². The number of hydrogen-bond acceptors (Lipinski definition) is 3. The summed E-state index contributed by atoms with van der Waals surface area (Å²) in [4.78, 5) is 15.1. The van der Waals surface area contributed by atoms with Gasteiger partial charge in [-0.1, -0.05) is 18.2 Å². The van der Waals surface area contributed by atoms with Crippen molar-refractivity contribution in [2.45, 2.75) is 6.18 Å². The number of halogens is 3. The highest BCUT2D eigenvalue weighted by Crippen LogP contribution is 2.36. The number of rotatable bonds is 3. The maximum atomic E-state index is 13.3. The summed E-state index contributed by atoms with van der Waals surface area (Å²) in [7, 11) is 0. The van der Waals surface area contributed by atoms with Crippen molar-refractivity contribution in [2.24, 2.45) is 5.73 Å². The normalized spacial score (nSPS) is 11.5. The zero-order valence-electron chi connectivity index (χ0n) is 12.3. The minimum atomic E-state index is -4.55. The number of hydrogen-bond donors (Lipinski definition) is 2. The number of primary amides is 1. The van der Waals surface area contributed by atoms with Crippen LogP contribution in [0.5, 0.6) is 0 Å². The van der Waals surface area contributed by atoms with Crippen LogP contribution in [0.2, 0.25) is 0 Å². The van der Waals surface area contributed by atoms with Crippen LogP contribution in [0.4, 0.5) is 24.7 Å². The smallest absolute Gasteiger partial charge is 0.366 e. The average molecular weight is 331 g/mol. The lowest BCUT2D eigenvalue weighted by Gasteiger charge is -2.15. The molecule has 0 radical (unpaired) electrons. The molecule has 3 rings (SSSR count). The SMILES string of the molecule is NC(=O)c1ccc(Nc2nc3ccccc3cc2C(F)(F)F)cc1. The highest BCUT2D eigenvalue weighted by molar-refractivity contribution is 5.93. The van der Waals surface area contributed by atoms with Crippen LogP contribution in [0.15, 0.2) is 54.6 Å². The third-order valence-corrected chi connectivity index (χ3v) is 3.46. The molecule has 4 nitrogen and oxygen atoms in total. The number of benzene rings is 2. The average Bonchev–Trinajstić information content (AvgIpc) is 2.54. The van der Waals surface area contributed by atoms with Gasteiger partial charge in [0.05, 0.1) is 11.1 Å². The standard InChI is InChI=1S/C17H12F3N3O/c18-17(19,20)13-9-11-3-1-2-4-14(11)23-16(13)22-12-7-5-10(6-8-12)15(21)24/h1-9H,(H2,21,24)(H,22,23). The number of aromatic nitrogens is 1. The van der Waals surface area contributed by atoms with E-state index in [4.69, 9.17) is 5.73 Å². The van der Waals surface area contributed by atoms with Gasteiger partial charge in [-0.25, -0.2) is 4.98 Å². The van der Waals surface area contributed by atoms with Gasteiger partial charge >= 0.3 is 6.18 Å². The Hall–Kier alpha value is -3.09. The molecule has 2 aromatic carbocycles. The lowest BCUT2D eigenvalue weighted by atomic mass is 10.1. The van der Waals surface area contributed by atoms with Crippen LogP contribution >= 0.6 is 0 Å². The lowest BCUT2D eigenvalue weighted by molar-refractivity contribution is -0.137. The molecule has 0 unspecified atom stereocenters. The number of carbonyl (C=O) groups excluding carboxylic acids is 1. The maximum absolute atomic E-state index is 13.3. The summed E-state index contributed by atoms with van der Waals surface area (Å²) in [6.07, 6.45) is -4.55. The summed E-state index contributed by atoms with van der Waals surface area (Å²) in [6.45, 7) is 0. The topological polar surface area (TPSA) is 68.0 Å². The van der Waals surface area contributed by atoms with E-state index in [2.05, 4.69) is 10.3 Å². The van der Waals surface area contributed by atoms with E-state index in [-0.39, 0.29) is 11.4 Å². The molecule has 3 aromatic rings. The molecule has 7 heteroatoms. The molecule has 0 saturated heterocycles. The van der Waals surface area contributed by atoms with Crippen molar-refractivity contribution in [2.75, 3.05) is 5.32 Å². The first-order valence-electron chi connectivity index (χ1n) is 6.98. The van der Waals surface area contributed by atoms with Gasteiger partial charge in [0, 0.05) is 16.6 Å². The predicted molar refractivity (Wildman–Crippen MR) is 85.0 cm³/mol. The summed E-state index contributed by atoms with van der Waals surface area (Å²) >= 11 is 0. The molecule has 1 aromatic heterocycles. The largest absolute Gasteiger partial charge is 0.419 e. The molecule has 0 fully saturated rings. The third kappa shape index (κ3) is 3.15. The fourth-order valence-corrected chi connectivity index (χ4v) is 2.28. The number of fused-ring (bicyclic) bond motifs is 1. The Morgan fingerprint density at radius 3 is 2.33 bits per heavy atom. The van der Waals surface area contributed by atoms with E-state index in [1.165, 1.54) is 24.3 Å². The van der Waals surface area contributed by atoms with Crippen LogP contribution in [0, 0.1) is 0 Å². The highest BCUT2D eigenvalue weighted by Gasteiger charge is 2.34. The molecule has 0 aliphatic rings. The highest BCUT2D eigenvalue weighted by atomic mass is 19.4. The van der Waals surface area contributed by atoms with Crippen molar-refractivity contribution in [3.05, 3.63) is 65.7 Å². The van der Waals surface area contributed by atoms with Crippen molar-refractivity contribution in [3.63, 3.8) is 0 Å². The molecule has 0 aliphatic heterocycles. The van der Waals surface area contributed by atoms with Gasteiger partial charge in [0.2, 0.25) is 5.91 Å². The molecule has 0 bridgehead atoms. The van der Waals surface area contributed by atoms with E-state index in [1.807, 2.05) is 0 Å². The number of alkyl halides is 3. The second-order valence-electron chi connectivity index (χ2n) is 5.14. The van der Waals surface area contributed by atoms with Crippen molar-refractivity contribution in [1.29, 1.82) is 0 Å². The molecule has 0 atom stereocenters. The Labute approximate surface area is 135 Å². The summed E-state index contributed by atoms with van der Waals surface area (Å²) < 4.78 is 39.9. The first kappa shape index (κ1) is 15.8. The van der Waals surface area contributed by atoms with Gasteiger partial charge in [-0.15, -0.1) is 0 Å². The monoisotopic (exact) mass is 331 g/mol. The molecule has 0 saturated carbocycles. The first-order chi connectivity index (χ1) is 11.3. The number of para-hydroxylation sites is 1. The van der Waals surface area contributed by atoms with Crippen LogP contribution in [0.1, 0.15) is 15.9 Å². The van der Waals surface area contributed by atoms with Gasteiger partial charge in [-0.05, 0) is 36.4 Å². The summed E-state index contributed by atoms with van der Waals surface area (Å²) in [6, 6.07) is 13.4. The minimum absolute atomic E-state index is 0.267. The zero-order chi connectivity index (χ0) is 17.3. The molecule has 0 aliphatic carbocycles. The van der Waals surface area contributed by atoms with Gasteiger partial charge in [0.1, 0.15) is 5.82 Å². The predicted octanol–water partition coefficient (Wildman–Crippen LogP) is 4.10. The van der Waals surface area contributed by atoms with E-state index in [1.54, 1.807) is 24.3 Å². The Balaban J connectivity index is 2.05. The molecule has 122 valence electrons. The Bertz CT molecular complexity index is 905. The summed E-state index contributed by atoms with van der Waals surface area (Å²) in [5.41, 5.74) is 5.36. The summed E-state index contributed by atoms with van der Waals surface area (Å²) in [5.74, 6) is -0.908. The molecular weight excluding hydrogens is 319 g/mol. The van der Waals surface area contributed by atoms with Crippen LogP contribution in [0.3, 0.4) is 0 Å². The molecule has 3 N–H and O–H groups in total. The second kappa shape index (κ2) is 5.84. The summed E-state index contributed by atoms with van der Waals surface area (Å²) in [5, 5.41) is 3.06. The van der Waals surface area contributed by atoms with Crippen molar-refractivity contribution in [1.82, 2.24) is 4.98 Å². The Morgan fingerprint density at radius 2 is 1.71 bits per heavy atom. The molecule has 1 heterocycles. The molecule has 24 heavy (non-hydrogen) atoms. The zero-order valence-corrected chi connectivity index (χ0v) is 12.3. The molecular formula is C17H12F3N3O. The number of carbonyl (C=O) groups is 1. The van der Waals surface area contributed by atoms with E-state index < -0.39 is 17.6 Å². The van der Waals surface area contributed by atoms with Crippen molar-refractivity contribution in [3.8, 4) is 0 Å².